The monoisotopic (exact) mass is 689 g/mol. The summed E-state index contributed by atoms with van der Waals surface area (Å²) in [4.78, 5) is 2.33. The van der Waals surface area contributed by atoms with E-state index >= 15 is 0 Å². The summed E-state index contributed by atoms with van der Waals surface area (Å²) in [7, 11) is 0. The maximum Gasteiger partial charge on any atom is 0.137 e. The zero-order valence-corrected chi connectivity index (χ0v) is 29.6. The lowest BCUT2D eigenvalue weighted by Gasteiger charge is -2.26. The number of furan rings is 1. The molecule has 1 heterocycles. The molecular formula is C52H35NO. The molecule has 10 aromatic rings. The van der Waals surface area contributed by atoms with Gasteiger partial charge in [0.25, 0.3) is 0 Å². The minimum absolute atomic E-state index is 0.859. The van der Waals surface area contributed by atoms with Crippen LogP contribution in [0.2, 0.25) is 0 Å². The van der Waals surface area contributed by atoms with E-state index in [4.69, 9.17) is 4.42 Å². The molecule has 0 aliphatic heterocycles. The summed E-state index contributed by atoms with van der Waals surface area (Å²) >= 11 is 0. The van der Waals surface area contributed by atoms with Gasteiger partial charge < -0.3 is 9.32 Å². The third kappa shape index (κ3) is 5.71. The van der Waals surface area contributed by atoms with Crippen LogP contribution in [0.4, 0.5) is 17.1 Å². The molecule has 254 valence electrons. The number of anilines is 3. The summed E-state index contributed by atoms with van der Waals surface area (Å²) in [5, 5.41) is 4.67. The molecule has 0 unspecified atom stereocenters. The lowest BCUT2D eigenvalue weighted by molar-refractivity contribution is 0.669. The van der Waals surface area contributed by atoms with E-state index in [1.54, 1.807) is 0 Å². The molecule has 0 fully saturated rings. The predicted octanol–water partition coefficient (Wildman–Crippen LogP) is 14.9. The van der Waals surface area contributed by atoms with Crippen molar-refractivity contribution in [2.45, 2.75) is 0 Å². The van der Waals surface area contributed by atoms with Gasteiger partial charge in [0.2, 0.25) is 0 Å². The Labute approximate surface area is 314 Å². The van der Waals surface area contributed by atoms with E-state index in [-0.39, 0.29) is 0 Å². The number of fused-ring (bicyclic) bond motifs is 5. The summed E-state index contributed by atoms with van der Waals surface area (Å²) in [5.74, 6) is 0. The molecule has 0 radical (unpaired) electrons. The maximum absolute atomic E-state index is 6.77. The number of hydrogen-bond donors (Lipinski definition) is 0. The molecule has 9 aromatic carbocycles. The largest absolute Gasteiger partial charge is 0.456 e. The van der Waals surface area contributed by atoms with Gasteiger partial charge in [-0.15, -0.1) is 0 Å². The summed E-state index contributed by atoms with van der Waals surface area (Å²) in [6.07, 6.45) is 0. The third-order valence-electron chi connectivity index (χ3n) is 10.5. The average Bonchev–Trinajstić information content (AvgIpc) is 3.63. The van der Waals surface area contributed by atoms with E-state index in [0.717, 1.165) is 44.6 Å². The molecular weight excluding hydrogens is 655 g/mol. The van der Waals surface area contributed by atoms with Gasteiger partial charge >= 0.3 is 0 Å². The van der Waals surface area contributed by atoms with E-state index in [9.17, 15) is 0 Å². The van der Waals surface area contributed by atoms with Crippen molar-refractivity contribution >= 4 is 49.8 Å². The van der Waals surface area contributed by atoms with E-state index in [2.05, 4.69) is 217 Å². The molecule has 0 saturated heterocycles. The van der Waals surface area contributed by atoms with Gasteiger partial charge in [-0.25, -0.2) is 0 Å². The highest BCUT2D eigenvalue weighted by atomic mass is 16.3. The third-order valence-corrected chi connectivity index (χ3v) is 10.5. The van der Waals surface area contributed by atoms with Crippen molar-refractivity contribution in [3.05, 3.63) is 212 Å². The molecule has 54 heavy (non-hydrogen) atoms. The Kier molecular flexibility index (Phi) is 7.85. The van der Waals surface area contributed by atoms with Crippen molar-refractivity contribution in [1.82, 2.24) is 0 Å². The molecule has 10 rings (SSSR count). The molecule has 0 bridgehead atoms. The minimum atomic E-state index is 0.859. The molecule has 0 spiro atoms. The quantitative estimate of drug-likeness (QED) is 0.166. The van der Waals surface area contributed by atoms with Crippen LogP contribution in [0, 0.1) is 0 Å². The standard InChI is InChI=1S/C52H35NO/c1-4-13-36(14-5-1)38-23-25-39(26-24-38)40-27-29-43(30-28-40)53(44-20-12-19-42(33-44)37-15-6-2-7-16-37)45-31-32-48-50(34-45)54-51-35-49(41-17-8-3-9-18-41)46-21-10-11-22-47(46)52(48)51/h1-35H. The van der Waals surface area contributed by atoms with E-state index in [0.29, 0.717) is 0 Å². The summed E-state index contributed by atoms with van der Waals surface area (Å²) < 4.78 is 6.77. The first-order valence-corrected chi connectivity index (χ1v) is 18.4. The summed E-state index contributed by atoms with van der Waals surface area (Å²) in [6.45, 7) is 0. The molecule has 0 N–H and O–H groups in total. The summed E-state index contributed by atoms with van der Waals surface area (Å²) in [6, 6.07) is 75.7. The van der Waals surface area contributed by atoms with Gasteiger partial charge in [-0.3, -0.25) is 0 Å². The van der Waals surface area contributed by atoms with Crippen molar-refractivity contribution in [3.63, 3.8) is 0 Å². The second kappa shape index (κ2) is 13.4. The van der Waals surface area contributed by atoms with Crippen molar-refractivity contribution in [2.24, 2.45) is 0 Å². The van der Waals surface area contributed by atoms with Gasteiger partial charge in [-0.2, -0.15) is 0 Å². The molecule has 0 aliphatic rings. The molecule has 0 amide bonds. The lowest BCUT2D eigenvalue weighted by Crippen LogP contribution is -2.10. The lowest BCUT2D eigenvalue weighted by atomic mass is 9.95. The fourth-order valence-electron chi connectivity index (χ4n) is 7.82. The van der Waals surface area contributed by atoms with Crippen molar-refractivity contribution in [3.8, 4) is 44.5 Å². The first kappa shape index (κ1) is 31.6. The SMILES string of the molecule is c1ccc(-c2ccc(-c3ccc(N(c4cccc(-c5ccccc5)c4)c4ccc5c(c4)oc4cc(-c6ccccc6)c6ccccc6c45)cc3)cc2)cc1. The average molecular weight is 690 g/mol. The van der Waals surface area contributed by atoms with Crippen LogP contribution in [0.1, 0.15) is 0 Å². The van der Waals surface area contributed by atoms with Crippen LogP contribution in [0.25, 0.3) is 77.2 Å². The first-order chi connectivity index (χ1) is 26.8. The fraction of sp³-hybridized carbons (Fsp3) is 0. The molecule has 0 atom stereocenters. The Bertz CT molecular complexity index is 2890. The van der Waals surface area contributed by atoms with Crippen molar-refractivity contribution in [2.75, 3.05) is 4.90 Å². The number of hydrogen-bond acceptors (Lipinski definition) is 2. The zero-order chi connectivity index (χ0) is 35.8. The van der Waals surface area contributed by atoms with Crippen LogP contribution in [-0.4, -0.2) is 0 Å². The Morgan fingerprint density at radius 2 is 0.759 bits per heavy atom. The Morgan fingerprint density at radius 1 is 0.278 bits per heavy atom. The predicted molar refractivity (Wildman–Crippen MR) is 228 cm³/mol. The van der Waals surface area contributed by atoms with Crippen LogP contribution < -0.4 is 4.90 Å². The highest BCUT2D eigenvalue weighted by Gasteiger charge is 2.19. The van der Waals surface area contributed by atoms with E-state index < -0.39 is 0 Å². The smallest absolute Gasteiger partial charge is 0.137 e. The van der Waals surface area contributed by atoms with E-state index in [1.807, 2.05) is 0 Å². The molecule has 2 heteroatoms. The van der Waals surface area contributed by atoms with Gasteiger partial charge in [0.15, 0.2) is 0 Å². The van der Waals surface area contributed by atoms with Crippen LogP contribution in [0.3, 0.4) is 0 Å². The van der Waals surface area contributed by atoms with Crippen molar-refractivity contribution < 1.29 is 4.42 Å². The maximum atomic E-state index is 6.77. The van der Waals surface area contributed by atoms with Crippen molar-refractivity contribution in [1.29, 1.82) is 0 Å². The highest BCUT2D eigenvalue weighted by molar-refractivity contribution is 6.22. The van der Waals surface area contributed by atoms with Gasteiger partial charge in [0.05, 0.1) is 0 Å². The second-order valence-electron chi connectivity index (χ2n) is 13.7. The Balaban J connectivity index is 1.09. The van der Waals surface area contributed by atoms with Gasteiger partial charge in [0, 0.05) is 33.9 Å². The minimum Gasteiger partial charge on any atom is -0.456 e. The normalized spacial score (nSPS) is 11.3. The number of benzene rings is 9. The van der Waals surface area contributed by atoms with Gasteiger partial charge in [-0.1, -0.05) is 164 Å². The van der Waals surface area contributed by atoms with Crippen LogP contribution in [-0.2, 0) is 0 Å². The Hall–Kier alpha value is -7.16. The van der Waals surface area contributed by atoms with Gasteiger partial charge in [0.1, 0.15) is 11.2 Å². The number of rotatable bonds is 7. The molecule has 0 aliphatic carbocycles. The molecule has 1 aromatic heterocycles. The Morgan fingerprint density at radius 3 is 1.41 bits per heavy atom. The second-order valence-corrected chi connectivity index (χ2v) is 13.7. The summed E-state index contributed by atoms with van der Waals surface area (Å²) in [5.41, 5.74) is 14.4. The topological polar surface area (TPSA) is 16.4 Å². The number of nitrogens with zero attached hydrogens (tertiary/aromatic N) is 1. The zero-order valence-electron chi connectivity index (χ0n) is 29.6. The first-order valence-electron chi connectivity index (χ1n) is 18.4. The van der Waals surface area contributed by atoms with Crippen LogP contribution in [0.5, 0.6) is 0 Å². The fourth-order valence-corrected chi connectivity index (χ4v) is 7.82. The van der Waals surface area contributed by atoms with Crippen LogP contribution in [0.15, 0.2) is 217 Å². The molecule has 0 saturated carbocycles. The van der Waals surface area contributed by atoms with E-state index in [1.165, 1.54) is 49.7 Å². The van der Waals surface area contributed by atoms with Crippen LogP contribution >= 0.6 is 0 Å². The van der Waals surface area contributed by atoms with Gasteiger partial charge in [-0.05, 0) is 97.7 Å². The highest BCUT2D eigenvalue weighted by Crippen LogP contribution is 2.43. The molecule has 2 nitrogen and oxygen atoms in total.